The zero-order valence-electron chi connectivity index (χ0n) is 17.9. The van der Waals surface area contributed by atoms with Gasteiger partial charge in [0.05, 0.1) is 0 Å². The monoisotopic (exact) mass is 406 g/mol. The molecule has 0 spiro atoms. The molecular formula is C25H30N2O3. The van der Waals surface area contributed by atoms with Crippen LogP contribution in [0.4, 0.5) is 0 Å². The van der Waals surface area contributed by atoms with Crippen LogP contribution in [0.2, 0.25) is 0 Å². The first-order chi connectivity index (χ1) is 14.5. The lowest BCUT2D eigenvalue weighted by Gasteiger charge is -2.24. The third-order valence-corrected chi connectivity index (χ3v) is 6.36. The summed E-state index contributed by atoms with van der Waals surface area (Å²) < 4.78 is 1.61. The minimum absolute atomic E-state index is 0.0220. The highest BCUT2D eigenvalue weighted by atomic mass is 16.2. The lowest BCUT2D eigenvalue weighted by molar-refractivity contribution is 0.0759. The Balaban J connectivity index is 1.85. The fourth-order valence-corrected chi connectivity index (χ4v) is 4.57. The van der Waals surface area contributed by atoms with Gasteiger partial charge in [0.15, 0.2) is 5.78 Å². The van der Waals surface area contributed by atoms with Crippen LogP contribution < -0.4 is 5.56 Å². The molecule has 1 amide bonds. The molecule has 0 bridgehead atoms. The normalized spacial score (nSPS) is 17.0. The average Bonchev–Trinajstić information content (AvgIpc) is 3.03. The van der Waals surface area contributed by atoms with E-state index >= 15 is 0 Å². The Kier molecular flexibility index (Phi) is 5.89. The fraction of sp³-hybridized carbons (Fsp3) is 0.480. The third kappa shape index (κ3) is 3.85. The fourth-order valence-electron chi connectivity index (χ4n) is 4.57. The molecule has 158 valence electrons. The van der Waals surface area contributed by atoms with E-state index in [-0.39, 0.29) is 22.8 Å². The van der Waals surface area contributed by atoms with Gasteiger partial charge in [-0.05, 0) is 55.4 Å². The van der Waals surface area contributed by atoms with E-state index in [0.29, 0.717) is 37.4 Å². The zero-order valence-corrected chi connectivity index (χ0v) is 17.9. The van der Waals surface area contributed by atoms with Gasteiger partial charge in [0, 0.05) is 36.5 Å². The van der Waals surface area contributed by atoms with E-state index in [0.717, 1.165) is 43.5 Å². The first-order valence-electron chi connectivity index (χ1n) is 11.2. The lowest BCUT2D eigenvalue weighted by atomic mass is 9.92. The minimum Gasteiger partial charge on any atom is -0.338 e. The van der Waals surface area contributed by atoms with Crippen LogP contribution >= 0.6 is 0 Å². The van der Waals surface area contributed by atoms with Gasteiger partial charge in [0.2, 0.25) is 0 Å². The molecule has 5 heteroatoms. The predicted molar refractivity (Wildman–Crippen MR) is 118 cm³/mol. The number of pyridine rings is 1. The topological polar surface area (TPSA) is 59.4 Å². The van der Waals surface area contributed by atoms with Gasteiger partial charge >= 0.3 is 0 Å². The molecule has 30 heavy (non-hydrogen) atoms. The Morgan fingerprint density at radius 3 is 2.20 bits per heavy atom. The van der Waals surface area contributed by atoms with Gasteiger partial charge in [0.25, 0.3) is 11.5 Å². The highest BCUT2D eigenvalue weighted by molar-refractivity contribution is 6.02. The Morgan fingerprint density at radius 2 is 1.57 bits per heavy atom. The Labute approximate surface area is 177 Å². The number of Topliss-reactive ketones (excluding diaryl/α,β-unsaturated/α-hetero) is 1. The maximum atomic E-state index is 13.5. The van der Waals surface area contributed by atoms with Crippen LogP contribution in [0.3, 0.4) is 0 Å². The molecule has 1 aliphatic carbocycles. The summed E-state index contributed by atoms with van der Waals surface area (Å²) >= 11 is 0. The quantitative estimate of drug-likeness (QED) is 0.754. The number of fused-ring (bicyclic) bond motifs is 1. The molecular weight excluding hydrogens is 376 g/mol. The lowest BCUT2D eigenvalue weighted by Crippen LogP contribution is -2.39. The summed E-state index contributed by atoms with van der Waals surface area (Å²) in [6.45, 7) is 5.60. The van der Waals surface area contributed by atoms with Crippen LogP contribution in [0, 0.1) is 0 Å². The second-order valence-corrected chi connectivity index (χ2v) is 8.79. The van der Waals surface area contributed by atoms with Gasteiger partial charge in [-0.25, -0.2) is 0 Å². The summed E-state index contributed by atoms with van der Waals surface area (Å²) in [6.07, 6.45) is 6.00. The van der Waals surface area contributed by atoms with Crippen LogP contribution in [0.25, 0.3) is 5.69 Å². The molecule has 2 heterocycles. The standard InChI is InChI=1S/C25H30N2O3/c1-17(2)18-10-12-19(13-11-18)27-22-8-7-9-23(28)20(22)16-21(25(27)30)24(29)26-14-5-3-4-6-15-26/h10-13,16-17H,3-9,14-15H2,1-2H3. The third-order valence-electron chi connectivity index (χ3n) is 6.36. The minimum atomic E-state index is -0.310. The predicted octanol–water partition coefficient (Wildman–Crippen LogP) is 4.50. The summed E-state index contributed by atoms with van der Waals surface area (Å²) in [5, 5.41) is 0. The number of nitrogens with zero attached hydrogens (tertiary/aromatic N) is 2. The highest BCUT2D eigenvalue weighted by Gasteiger charge is 2.28. The number of benzene rings is 1. The summed E-state index contributed by atoms with van der Waals surface area (Å²) in [5.41, 5.74) is 3.00. The smallest absolute Gasteiger partial charge is 0.268 e. The molecule has 0 saturated carbocycles. The maximum absolute atomic E-state index is 13.5. The molecule has 2 aromatic rings. The number of ketones is 1. The van der Waals surface area contributed by atoms with Crippen LogP contribution in [-0.2, 0) is 6.42 Å². The van der Waals surface area contributed by atoms with Gasteiger partial charge < -0.3 is 4.90 Å². The summed E-state index contributed by atoms with van der Waals surface area (Å²) in [4.78, 5) is 41.3. The first kappa shape index (κ1) is 20.6. The van der Waals surface area contributed by atoms with Crippen LogP contribution in [-0.4, -0.2) is 34.2 Å². The molecule has 0 atom stereocenters. The van der Waals surface area contributed by atoms with Crippen molar-refractivity contribution >= 4 is 11.7 Å². The molecule has 1 aromatic heterocycles. The SMILES string of the molecule is CC(C)c1ccc(-n2c3c(cc(C(=O)N4CCCCCC4)c2=O)C(=O)CCC3)cc1. The van der Waals surface area contributed by atoms with Crippen LogP contribution in [0.1, 0.15) is 90.3 Å². The molecule has 4 rings (SSSR count). The molecule has 0 unspecified atom stereocenters. The number of carbonyl (C=O) groups is 2. The molecule has 1 fully saturated rings. The van der Waals surface area contributed by atoms with E-state index in [1.165, 1.54) is 5.56 Å². The van der Waals surface area contributed by atoms with Crippen molar-refractivity contribution in [2.75, 3.05) is 13.1 Å². The average molecular weight is 407 g/mol. The molecule has 1 saturated heterocycles. The second-order valence-electron chi connectivity index (χ2n) is 8.79. The largest absolute Gasteiger partial charge is 0.338 e. The number of rotatable bonds is 3. The number of amides is 1. The number of aromatic nitrogens is 1. The van der Waals surface area contributed by atoms with E-state index in [4.69, 9.17) is 0 Å². The van der Waals surface area contributed by atoms with Gasteiger partial charge in [0.1, 0.15) is 5.56 Å². The van der Waals surface area contributed by atoms with Crippen molar-refractivity contribution in [1.29, 1.82) is 0 Å². The van der Waals surface area contributed by atoms with E-state index in [2.05, 4.69) is 13.8 Å². The molecule has 5 nitrogen and oxygen atoms in total. The van der Waals surface area contributed by atoms with Crippen molar-refractivity contribution in [2.24, 2.45) is 0 Å². The summed E-state index contributed by atoms with van der Waals surface area (Å²) in [5.74, 6) is 0.173. The molecule has 0 N–H and O–H groups in total. The van der Waals surface area contributed by atoms with Crippen molar-refractivity contribution in [1.82, 2.24) is 9.47 Å². The van der Waals surface area contributed by atoms with Crippen LogP contribution in [0.5, 0.6) is 0 Å². The van der Waals surface area contributed by atoms with Gasteiger partial charge in [-0.2, -0.15) is 0 Å². The molecule has 1 aromatic carbocycles. The van der Waals surface area contributed by atoms with Gasteiger partial charge in [-0.1, -0.05) is 38.8 Å². The summed E-state index contributed by atoms with van der Waals surface area (Å²) in [7, 11) is 0. The van der Waals surface area contributed by atoms with Crippen molar-refractivity contribution in [2.45, 2.75) is 64.7 Å². The number of hydrogen-bond acceptors (Lipinski definition) is 3. The number of likely N-dealkylation sites (tertiary alicyclic amines) is 1. The summed E-state index contributed by atoms with van der Waals surface area (Å²) in [6, 6.07) is 9.47. The first-order valence-corrected chi connectivity index (χ1v) is 11.2. The molecule has 2 aliphatic rings. The van der Waals surface area contributed by atoms with Crippen LogP contribution in [0.15, 0.2) is 35.1 Å². The van der Waals surface area contributed by atoms with E-state index in [9.17, 15) is 14.4 Å². The van der Waals surface area contributed by atoms with E-state index in [1.54, 1.807) is 15.5 Å². The second kappa shape index (κ2) is 8.58. The number of carbonyl (C=O) groups excluding carboxylic acids is 2. The van der Waals surface area contributed by atoms with Gasteiger partial charge in [-0.15, -0.1) is 0 Å². The molecule has 1 aliphatic heterocycles. The molecule has 0 radical (unpaired) electrons. The van der Waals surface area contributed by atoms with Crippen molar-refractivity contribution in [3.8, 4) is 5.69 Å². The van der Waals surface area contributed by atoms with Gasteiger partial charge in [-0.3, -0.25) is 19.0 Å². The maximum Gasteiger partial charge on any atom is 0.268 e. The van der Waals surface area contributed by atoms with Crippen molar-refractivity contribution in [3.63, 3.8) is 0 Å². The Bertz CT molecular complexity index is 1010. The highest BCUT2D eigenvalue weighted by Crippen LogP contribution is 2.25. The Morgan fingerprint density at radius 1 is 0.900 bits per heavy atom. The van der Waals surface area contributed by atoms with Crippen molar-refractivity contribution in [3.05, 3.63) is 63.1 Å². The Hall–Kier alpha value is -2.69. The number of hydrogen-bond donors (Lipinski definition) is 0. The van der Waals surface area contributed by atoms with Crippen molar-refractivity contribution < 1.29 is 9.59 Å². The zero-order chi connectivity index (χ0) is 21.3. The van der Waals surface area contributed by atoms with E-state index < -0.39 is 0 Å². The van der Waals surface area contributed by atoms with E-state index in [1.807, 2.05) is 24.3 Å².